The monoisotopic (exact) mass is 276 g/mol. The summed E-state index contributed by atoms with van der Waals surface area (Å²) in [5.41, 5.74) is 4.02. The smallest absolute Gasteiger partial charge is 0.0546 e. The van der Waals surface area contributed by atoms with Crippen molar-refractivity contribution in [1.82, 2.24) is 5.32 Å². The van der Waals surface area contributed by atoms with Gasteiger partial charge in [-0.15, -0.1) is 0 Å². The van der Waals surface area contributed by atoms with Crippen LogP contribution in [-0.2, 0) is 6.54 Å². The summed E-state index contributed by atoms with van der Waals surface area (Å²) >= 11 is 0. The average molecular weight is 276 g/mol. The molecule has 0 heterocycles. The minimum atomic E-state index is -0.0536. The van der Waals surface area contributed by atoms with E-state index in [0.717, 1.165) is 32.5 Å². The van der Waals surface area contributed by atoms with Crippen LogP contribution >= 0.6 is 0 Å². The van der Waals surface area contributed by atoms with Crippen molar-refractivity contribution in [3.05, 3.63) is 29.3 Å². The molecule has 3 nitrogen and oxygen atoms in total. The van der Waals surface area contributed by atoms with Crippen LogP contribution in [0, 0.1) is 12.8 Å². The second-order valence-electron chi connectivity index (χ2n) is 6.16. The highest BCUT2D eigenvalue weighted by Crippen LogP contribution is 2.29. The van der Waals surface area contributed by atoms with Crippen LogP contribution in [-0.4, -0.2) is 31.3 Å². The first-order chi connectivity index (χ1) is 9.60. The molecule has 0 aromatic heterocycles. The molecule has 0 bridgehead atoms. The normalized spacial score (nSPS) is 21.6. The third-order valence-electron chi connectivity index (χ3n) is 4.25. The zero-order chi connectivity index (χ0) is 14.5. The molecular formula is C17H28N2O. The molecule has 0 saturated heterocycles. The maximum absolute atomic E-state index is 9.36. The molecular weight excluding hydrogens is 248 g/mol. The van der Waals surface area contributed by atoms with Gasteiger partial charge >= 0.3 is 0 Å². The summed E-state index contributed by atoms with van der Waals surface area (Å²) in [6.45, 7) is 7.45. The number of nitrogens with one attached hydrogen (secondary N) is 1. The third kappa shape index (κ3) is 3.97. The number of hydrogen-bond donors (Lipinski definition) is 2. The van der Waals surface area contributed by atoms with Gasteiger partial charge in [-0.2, -0.15) is 0 Å². The van der Waals surface area contributed by atoms with E-state index < -0.39 is 0 Å². The zero-order valence-electron chi connectivity index (χ0n) is 13.0. The molecule has 2 N–H and O–H groups in total. The number of rotatable bonds is 7. The number of hydrogen-bond acceptors (Lipinski definition) is 3. The highest BCUT2D eigenvalue weighted by atomic mass is 16.3. The molecule has 1 aromatic carbocycles. The van der Waals surface area contributed by atoms with Gasteiger partial charge in [0, 0.05) is 25.8 Å². The van der Waals surface area contributed by atoms with Crippen molar-refractivity contribution in [3.8, 4) is 0 Å². The number of benzene rings is 1. The molecule has 1 aliphatic carbocycles. The minimum Gasteiger partial charge on any atom is -0.393 e. The van der Waals surface area contributed by atoms with Gasteiger partial charge in [0.05, 0.1) is 6.10 Å². The first-order valence-corrected chi connectivity index (χ1v) is 7.79. The largest absolute Gasteiger partial charge is 0.393 e. The summed E-state index contributed by atoms with van der Waals surface area (Å²) < 4.78 is 0. The lowest BCUT2D eigenvalue weighted by atomic mass is 9.82. The van der Waals surface area contributed by atoms with Crippen LogP contribution in [0.5, 0.6) is 0 Å². The molecule has 0 amide bonds. The maximum atomic E-state index is 9.36. The molecule has 0 unspecified atom stereocenters. The quantitative estimate of drug-likeness (QED) is 0.752. The van der Waals surface area contributed by atoms with E-state index in [9.17, 15) is 5.11 Å². The van der Waals surface area contributed by atoms with Gasteiger partial charge in [0.2, 0.25) is 0 Å². The molecule has 3 heteroatoms. The number of aryl methyl sites for hydroxylation is 1. The van der Waals surface area contributed by atoms with E-state index >= 15 is 0 Å². The second kappa shape index (κ2) is 7.09. The molecule has 0 aliphatic heterocycles. The molecule has 1 aliphatic rings. The summed E-state index contributed by atoms with van der Waals surface area (Å²) in [5, 5.41) is 12.8. The van der Waals surface area contributed by atoms with Crippen molar-refractivity contribution < 1.29 is 5.11 Å². The van der Waals surface area contributed by atoms with Crippen LogP contribution in [0.4, 0.5) is 5.69 Å². The molecule has 20 heavy (non-hydrogen) atoms. The number of nitrogens with zero attached hydrogens (tertiary/aromatic N) is 1. The topological polar surface area (TPSA) is 35.5 Å². The first kappa shape index (κ1) is 15.3. The predicted molar refractivity (Wildman–Crippen MR) is 85.2 cm³/mol. The first-order valence-electron chi connectivity index (χ1n) is 7.79. The SMILES string of the molecule is CCCNCc1ccc(N(C)CC2CC(O)C2)cc1C. The van der Waals surface area contributed by atoms with Crippen LogP contribution in [0.1, 0.15) is 37.3 Å². The average Bonchev–Trinajstić information content (AvgIpc) is 2.39. The Balaban J connectivity index is 1.90. The lowest BCUT2D eigenvalue weighted by molar-refractivity contribution is 0.0465. The van der Waals surface area contributed by atoms with Crippen LogP contribution in [0.3, 0.4) is 0 Å². The van der Waals surface area contributed by atoms with Gasteiger partial charge in [0.1, 0.15) is 0 Å². The fraction of sp³-hybridized carbons (Fsp3) is 0.647. The van der Waals surface area contributed by atoms with E-state index in [1.54, 1.807) is 0 Å². The molecule has 0 spiro atoms. The van der Waals surface area contributed by atoms with Gasteiger partial charge < -0.3 is 15.3 Å². The minimum absolute atomic E-state index is 0.0536. The zero-order valence-corrected chi connectivity index (χ0v) is 13.0. The van der Waals surface area contributed by atoms with Gasteiger partial charge in [-0.1, -0.05) is 13.0 Å². The molecule has 0 radical (unpaired) electrons. The second-order valence-corrected chi connectivity index (χ2v) is 6.16. The van der Waals surface area contributed by atoms with Crippen LogP contribution in [0.15, 0.2) is 18.2 Å². The van der Waals surface area contributed by atoms with E-state index in [1.165, 1.54) is 23.2 Å². The van der Waals surface area contributed by atoms with E-state index in [0.29, 0.717) is 5.92 Å². The summed E-state index contributed by atoms with van der Waals surface area (Å²) in [7, 11) is 2.15. The van der Waals surface area contributed by atoms with Crippen molar-refractivity contribution in [2.45, 2.75) is 45.8 Å². The highest BCUT2D eigenvalue weighted by Gasteiger charge is 2.28. The van der Waals surface area contributed by atoms with Crippen LogP contribution in [0.25, 0.3) is 0 Å². The molecule has 0 atom stereocenters. The lowest BCUT2D eigenvalue weighted by Crippen LogP contribution is -2.37. The Kier molecular flexibility index (Phi) is 5.44. The Morgan fingerprint density at radius 3 is 2.70 bits per heavy atom. The Bertz CT molecular complexity index is 427. The summed E-state index contributed by atoms with van der Waals surface area (Å²) in [6, 6.07) is 6.72. The fourth-order valence-corrected chi connectivity index (χ4v) is 2.86. The van der Waals surface area contributed by atoms with E-state index in [4.69, 9.17) is 0 Å². The van der Waals surface area contributed by atoms with Gasteiger partial charge in [-0.05, 0) is 61.9 Å². The summed E-state index contributed by atoms with van der Waals surface area (Å²) in [4.78, 5) is 2.31. The molecule has 1 fully saturated rings. The van der Waals surface area contributed by atoms with Crippen molar-refractivity contribution in [1.29, 1.82) is 0 Å². The predicted octanol–water partition coefficient (Wildman–Crippen LogP) is 2.70. The maximum Gasteiger partial charge on any atom is 0.0546 e. The van der Waals surface area contributed by atoms with E-state index in [2.05, 4.69) is 49.3 Å². The van der Waals surface area contributed by atoms with E-state index in [1.807, 2.05) is 0 Å². The number of aliphatic hydroxyl groups excluding tert-OH is 1. The lowest BCUT2D eigenvalue weighted by Gasteiger charge is -2.35. The molecule has 112 valence electrons. The molecule has 2 rings (SSSR count). The number of aliphatic hydroxyl groups is 1. The fourth-order valence-electron chi connectivity index (χ4n) is 2.86. The highest BCUT2D eigenvalue weighted by molar-refractivity contribution is 5.50. The molecule has 1 saturated carbocycles. The van der Waals surface area contributed by atoms with Gasteiger partial charge in [0.25, 0.3) is 0 Å². The van der Waals surface area contributed by atoms with Crippen molar-refractivity contribution in [2.24, 2.45) is 5.92 Å². The third-order valence-corrected chi connectivity index (χ3v) is 4.25. The Hall–Kier alpha value is -1.06. The number of anilines is 1. The van der Waals surface area contributed by atoms with Crippen LogP contribution < -0.4 is 10.2 Å². The molecule has 1 aromatic rings. The van der Waals surface area contributed by atoms with Crippen molar-refractivity contribution in [3.63, 3.8) is 0 Å². The summed E-state index contributed by atoms with van der Waals surface area (Å²) in [5.74, 6) is 0.654. The Labute approximate surface area is 123 Å². The Morgan fingerprint density at radius 2 is 2.10 bits per heavy atom. The van der Waals surface area contributed by atoms with Crippen molar-refractivity contribution >= 4 is 5.69 Å². The Morgan fingerprint density at radius 1 is 1.35 bits per heavy atom. The van der Waals surface area contributed by atoms with Gasteiger partial charge in [0.15, 0.2) is 0 Å². The van der Waals surface area contributed by atoms with Gasteiger partial charge in [-0.25, -0.2) is 0 Å². The van der Waals surface area contributed by atoms with E-state index in [-0.39, 0.29) is 6.10 Å². The standard InChI is InChI=1S/C17H28N2O/c1-4-7-18-11-15-5-6-16(8-13(15)2)19(3)12-14-9-17(20)10-14/h5-6,8,14,17-18,20H,4,7,9-12H2,1-3H3. The van der Waals surface area contributed by atoms with Crippen LogP contribution in [0.2, 0.25) is 0 Å². The van der Waals surface area contributed by atoms with Crippen molar-refractivity contribution in [2.75, 3.05) is 25.0 Å². The van der Waals surface area contributed by atoms with Gasteiger partial charge in [-0.3, -0.25) is 0 Å². The summed E-state index contributed by atoms with van der Waals surface area (Å²) in [6.07, 6.45) is 3.04.